The minimum Gasteiger partial charge on any atom is -0.354 e. The lowest BCUT2D eigenvalue weighted by Gasteiger charge is -2.14. The molecule has 0 spiro atoms. The Balaban J connectivity index is 1.65. The van der Waals surface area contributed by atoms with Crippen LogP contribution in [-0.2, 0) is 9.59 Å². The third-order valence-electron chi connectivity index (χ3n) is 3.43. The second kappa shape index (κ2) is 9.30. The highest BCUT2D eigenvalue weighted by atomic mass is 32.2. The minimum absolute atomic E-state index is 0.0557. The lowest BCUT2D eigenvalue weighted by atomic mass is 10.1. The summed E-state index contributed by atoms with van der Waals surface area (Å²) in [5, 5.41) is 5.64. The molecule has 0 saturated carbocycles. The van der Waals surface area contributed by atoms with Gasteiger partial charge in [0.05, 0.1) is 5.75 Å². The van der Waals surface area contributed by atoms with Crippen LogP contribution in [0.1, 0.15) is 24.8 Å². The van der Waals surface area contributed by atoms with Crippen LogP contribution in [0.5, 0.6) is 0 Å². The van der Waals surface area contributed by atoms with Crippen molar-refractivity contribution in [3.63, 3.8) is 0 Å². The van der Waals surface area contributed by atoms with Crippen LogP contribution in [0.3, 0.4) is 0 Å². The molecule has 1 heterocycles. The number of hydrogen-bond donors (Lipinski definition) is 2. The van der Waals surface area contributed by atoms with Crippen molar-refractivity contribution in [3.05, 3.63) is 42.0 Å². The second-order valence-corrected chi connectivity index (χ2v) is 6.27. The zero-order valence-corrected chi connectivity index (χ0v) is 13.4. The van der Waals surface area contributed by atoms with Crippen LogP contribution < -0.4 is 10.6 Å². The molecule has 2 amide bonds. The first kappa shape index (κ1) is 16.6. The van der Waals surface area contributed by atoms with Gasteiger partial charge in [-0.25, -0.2) is 0 Å². The largest absolute Gasteiger partial charge is 0.354 e. The topological polar surface area (TPSA) is 58.2 Å². The van der Waals surface area contributed by atoms with Gasteiger partial charge >= 0.3 is 0 Å². The Morgan fingerprint density at radius 1 is 1.32 bits per heavy atom. The highest BCUT2D eigenvalue weighted by molar-refractivity contribution is 8.00. The lowest BCUT2D eigenvalue weighted by Crippen LogP contribution is -2.46. The van der Waals surface area contributed by atoms with Crippen LogP contribution in [0.2, 0.25) is 0 Å². The lowest BCUT2D eigenvalue weighted by molar-refractivity contribution is -0.127. The molecule has 0 aliphatic carbocycles. The SMILES string of the molecule is O=C(CSCC=Cc1ccccc1)NC1CCCCNC1=O. The van der Waals surface area contributed by atoms with Crippen molar-refractivity contribution in [2.75, 3.05) is 18.1 Å². The first-order valence-electron chi connectivity index (χ1n) is 7.62. The normalized spacial score (nSPS) is 18.7. The summed E-state index contributed by atoms with van der Waals surface area (Å²) in [6, 6.07) is 9.70. The van der Waals surface area contributed by atoms with Gasteiger partial charge in [-0.2, -0.15) is 0 Å². The van der Waals surface area contributed by atoms with Gasteiger partial charge in [0.25, 0.3) is 0 Å². The number of nitrogens with one attached hydrogen (secondary N) is 2. The van der Waals surface area contributed by atoms with E-state index >= 15 is 0 Å². The summed E-state index contributed by atoms with van der Waals surface area (Å²) in [5.41, 5.74) is 1.16. The predicted octanol–water partition coefficient (Wildman–Crippen LogP) is 2.22. The van der Waals surface area contributed by atoms with Crippen molar-refractivity contribution in [3.8, 4) is 0 Å². The van der Waals surface area contributed by atoms with Gasteiger partial charge in [0.15, 0.2) is 0 Å². The van der Waals surface area contributed by atoms with Crippen molar-refractivity contribution in [1.29, 1.82) is 0 Å². The molecule has 118 valence electrons. The summed E-state index contributed by atoms with van der Waals surface area (Å²) in [4.78, 5) is 23.6. The van der Waals surface area contributed by atoms with Gasteiger partial charge in [-0.15, -0.1) is 11.8 Å². The molecule has 1 aromatic carbocycles. The van der Waals surface area contributed by atoms with Crippen LogP contribution in [0, 0.1) is 0 Å². The molecule has 0 bridgehead atoms. The summed E-state index contributed by atoms with van der Waals surface area (Å²) in [5.74, 6) is 1.03. The summed E-state index contributed by atoms with van der Waals surface area (Å²) in [6.07, 6.45) is 6.78. The zero-order valence-electron chi connectivity index (χ0n) is 12.6. The quantitative estimate of drug-likeness (QED) is 0.791. The van der Waals surface area contributed by atoms with Gasteiger partial charge in [0.1, 0.15) is 6.04 Å². The van der Waals surface area contributed by atoms with E-state index in [0.717, 1.165) is 30.6 Å². The first-order chi connectivity index (χ1) is 10.8. The molecule has 4 nitrogen and oxygen atoms in total. The Labute approximate surface area is 135 Å². The van der Waals surface area contributed by atoms with Gasteiger partial charge in [0, 0.05) is 12.3 Å². The number of carbonyl (C=O) groups is 2. The highest BCUT2D eigenvalue weighted by Crippen LogP contribution is 2.07. The highest BCUT2D eigenvalue weighted by Gasteiger charge is 2.21. The summed E-state index contributed by atoms with van der Waals surface area (Å²) >= 11 is 1.55. The fourth-order valence-electron chi connectivity index (χ4n) is 2.28. The molecule has 1 unspecified atom stereocenters. The first-order valence-corrected chi connectivity index (χ1v) is 8.77. The van der Waals surface area contributed by atoms with Gasteiger partial charge in [-0.3, -0.25) is 9.59 Å². The Morgan fingerprint density at radius 3 is 2.95 bits per heavy atom. The second-order valence-electron chi connectivity index (χ2n) is 5.24. The molecular formula is C17H22N2O2S. The fraction of sp³-hybridized carbons (Fsp3) is 0.412. The van der Waals surface area contributed by atoms with E-state index in [1.807, 2.05) is 42.5 Å². The van der Waals surface area contributed by atoms with Gasteiger partial charge in [-0.1, -0.05) is 42.5 Å². The van der Waals surface area contributed by atoms with Crippen molar-refractivity contribution in [1.82, 2.24) is 10.6 Å². The number of thioether (sulfide) groups is 1. The number of rotatable bonds is 6. The molecule has 2 rings (SSSR count). The van der Waals surface area contributed by atoms with Crippen molar-refractivity contribution >= 4 is 29.7 Å². The minimum atomic E-state index is -0.365. The number of hydrogen-bond acceptors (Lipinski definition) is 3. The summed E-state index contributed by atoms with van der Waals surface area (Å²) in [7, 11) is 0. The number of carbonyl (C=O) groups excluding carboxylic acids is 2. The monoisotopic (exact) mass is 318 g/mol. The van der Waals surface area contributed by atoms with Crippen LogP contribution in [0.25, 0.3) is 6.08 Å². The van der Waals surface area contributed by atoms with E-state index < -0.39 is 0 Å². The molecule has 0 aromatic heterocycles. The maximum absolute atomic E-state index is 11.9. The molecule has 1 atom stereocenters. The van der Waals surface area contributed by atoms with Crippen LogP contribution in [0.4, 0.5) is 0 Å². The molecule has 1 saturated heterocycles. The number of benzene rings is 1. The molecule has 1 aliphatic heterocycles. The van der Waals surface area contributed by atoms with E-state index in [2.05, 4.69) is 10.6 Å². The molecule has 1 fully saturated rings. The smallest absolute Gasteiger partial charge is 0.242 e. The Kier molecular flexibility index (Phi) is 7.03. The summed E-state index contributed by atoms with van der Waals surface area (Å²) in [6.45, 7) is 0.713. The van der Waals surface area contributed by atoms with Gasteiger partial charge in [-0.05, 0) is 24.8 Å². The fourth-order valence-corrected chi connectivity index (χ4v) is 2.90. The third kappa shape index (κ3) is 5.93. The molecular weight excluding hydrogens is 296 g/mol. The molecule has 0 radical (unpaired) electrons. The van der Waals surface area contributed by atoms with Gasteiger partial charge < -0.3 is 10.6 Å². The third-order valence-corrected chi connectivity index (χ3v) is 4.32. The van der Waals surface area contributed by atoms with Crippen molar-refractivity contribution in [2.24, 2.45) is 0 Å². The van der Waals surface area contributed by atoms with Crippen molar-refractivity contribution < 1.29 is 9.59 Å². The van der Waals surface area contributed by atoms with Crippen LogP contribution in [-0.4, -0.2) is 35.9 Å². The number of amides is 2. The van der Waals surface area contributed by atoms with E-state index in [1.165, 1.54) is 0 Å². The average Bonchev–Trinajstić information content (AvgIpc) is 2.73. The summed E-state index contributed by atoms with van der Waals surface area (Å²) < 4.78 is 0. The van der Waals surface area contributed by atoms with Gasteiger partial charge in [0.2, 0.25) is 11.8 Å². The Morgan fingerprint density at radius 2 is 2.14 bits per heavy atom. The molecule has 5 heteroatoms. The van der Waals surface area contributed by atoms with E-state index in [-0.39, 0.29) is 17.9 Å². The predicted molar refractivity (Wildman–Crippen MR) is 91.6 cm³/mol. The van der Waals surface area contributed by atoms with E-state index in [1.54, 1.807) is 11.8 Å². The zero-order chi connectivity index (χ0) is 15.6. The molecule has 1 aromatic rings. The maximum atomic E-state index is 11.9. The van der Waals surface area contributed by atoms with Crippen LogP contribution >= 0.6 is 11.8 Å². The average molecular weight is 318 g/mol. The molecule has 2 N–H and O–H groups in total. The standard InChI is InChI=1S/C17H22N2O2S/c20-16(19-15-10-4-5-11-18-17(15)21)13-22-12-6-9-14-7-2-1-3-8-14/h1-3,6-9,15H,4-5,10-13H2,(H,18,21)(H,19,20). The van der Waals surface area contributed by atoms with E-state index in [9.17, 15) is 9.59 Å². The molecule has 22 heavy (non-hydrogen) atoms. The maximum Gasteiger partial charge on any atom is 0.242 e. The van der Waals surface area contributed by atoms with E-state index in [4.69, 9.17) is 0 Å². The Hall–Kier alpha value is -1.75. The Bertz CT molecular complexity index is 517. The van der Waals surface area contributed by atoms with E-state index in [0.29, 0.717) is 12.3 Å². The van der Waals surface area contributed by atoms with Crippen molar-refractivity contribution in [2.45, 2.75) is 25.3 Å². The van der Waals surface area contributed by atoms with Crippen LogP contribution in [0.15, 0.2) is 36.4 Å². The molecule has 1 aliphatic rings.